The van der Waals surface area contributed by atoms with E-state index in [4.69, 9.17) is 9.16 Å². The van der Waals surface area contributed by atoms with Crippen LogP contribution in [-0.2, 0) is 10.0 Å². The van der Waals surface area contributed by atoms with Crippen molar-refractivity contribution >= 4 is 8.32 Å². The van der Waals surface area contributed by atoms with E-state index in [0.717, 1.165) is 30.6 Å². The number of methoxy groups -OCH3 is 1. The van der Waals surface area contributed by atoms with E-state index in [0.29, 0.717) is 0 Å². The Morgan fingerprint density at radius 2 is 1.76 bits per heavy atom. The highest BCUT2D eigenvalue weighted by molar-refractivity contribution is 6.74. The molecule has 4 heteroatoms. The Hall–Kier alpha value is -0.843. The quantitative estimate of drug-likeness (QED) is 0.719. The van der Waals surface area contributed by atoms with E-state index in [1.165, 1.54) is 0 Å². The van der Waals surface area contributed by atoms with Crippen molar-refractivity contribution in [2.75, 3.05) is 7.11 Å². The molecule has 0 amide bonds. The topological polar surface area (TPSA) is 38.7 Å². The van der Waals surface area contributed by atoms with Crippen LogP contribution in [0.15, 0.2) is 24.3 Å². The van der Waals surface area contributed by atoms with Gasteiger partial charge in [-0.3, -0.25) is 0 Å². The van der Waals surface area contributed by atoms with Gasteiger partial charge in [0.05, 0.1) is 13.2 Å². The molecule has 0 heterocycles. The third-order valence-corrected chi connectivity index (χ3v) is 11.2. The molecule has 142 valence electrons. The summed E-state index contributed by atoms with van der Waals surface area (Å²) in [6, 6.07) is 7.85. The van der Waals surface area contributed by atoms with Crippen molar-refractivity contribution in [3.8, 4) is 5.75 Å². The molecule has 0 unspecified atom stereocenters. The van der Waals surface area contributed by atoms with E-state index in [9.17, 15) is 5.11 Å². The number of hydrogen-bond donors (Lipinski definition) is 1. The average Bonchev–Trinajstić information content (AvgIpc) is 2.51. The molecule has 1 N–H and O–H groups in total. The van der Waals surface area contributed by atoms with Crippen molar-refractivity contribution in [2.24, 2.45) is 5.41 Å². The van der Waals surface area contributed by atoms with Crippen LogP contribution in [0.2, 0.25) is 18.1 Å². The molecule has 1 saturated carbocycles. The van der Waals surface area contributed by atoms with Gasteiger partial charge in [-0.25, -0.2) is 0 Å². The monoisotopic (exact) mass is 364 g/mol. The minimum absolute atomic E-state index is 0.0389. The molecule has 0 aromatic heterocycles. The van der Waals surface area contributed by atoms with Crippen LogP contribution in [0.5, 0.6) is 5.75 Å². The number of para-hydroxylation sites is 1. The third kappa shape index (κ3) is 3.53. The number of ether oxygens (including phenoxy) is 1. The van der Waals surface area contributed by atoms with Crippen LogP contribution in [0.3, 0.4) is 0 Å². The van der Waals surface area contributed by atoms with Crippen LogP contribution in [0.25, 0.3) is 0 Å². The van der Waals surface area contributed by atoms with Crippen molar-refractivity contribution < 1.29 is 14.3 Å². The van der Waals surface area contributed by atoms with Gasteiger partial charge >= 0.3 is 0 Å². The fourth-order valence-corrected chi connectivity index (χ4v) is 5.18. The maximum atomic E-state index is 11.8. The average molecular weight is 365 g/mol. The molecular formula is C21H36O3Si. The molecule has 0 spiro atoms. The first kappa shape index (κ1) is 20.5. The summed E-state index contributed by atoms with van der Waals surface area (Å²) < 4.78 is 12.3. The Morgan fingerprint density at radius 3 is 2.32 bits per heavy atom. The highest BCUT2D eigenvalue weighted by Crippen LogP contribution is 2.54. The predicted octanol–water partition coefficient (Wildman–Crippen LogP) is 5.48. The molecule has 1 aromatic carbocycles. The van der Waals surface area contributed by atoms with Gasteiger partial charge in [0.15, 0.2) is 8.32 Å². The molecule has 0 radical (unpaired) electrons. The van der Waals surface area contributed by atoms with Gasteiger partial charge in [-0.05, 0) is 43.5 Å². The summed E-state index contributed by atoms with van der Waals surface area (Å²) in [5, 5.41) is 12.0. The lowest BCUT2D eigenvalue weighted by atomic mass is 9.61. The van der Waals surface area contributed by atoms with Crippen LogP contribution < -0.4 is 4.74 Å². The fraction of sp³-hybridized carbons (Fsp3) is 0.714. The van der Waals surface area contributed by atoms with Crippen LogP contribution >= 0.6 is 0 Å². The number of rotatable bonds is 4. The normalized spacial score (nSPS) is 27.2. The van der Waals surface area contributed by atoms with Crippen molar-refractivity contribution in [1.29, 1.82) is 0 Å². The third-order valence-electron chi connectivity index (χ3n) is 6.67. The first-order valence-corrected chi connectivity index (χ1v) is 12.3. The molecule has 2 atom stereocenters. The molecule has 0 saturated heterocycles. The second-order valence-electron chi connectivity index (χ2n) is 9.54. The molecular weight excluding hydrogens is 328 g/mol. The van der Waals surface area contributed by atoms with Crippen molar-refractivity contribution in [1.82, 2.24) is 0 Å². The van der Waals surface area contributed by atoms with Crippen molar-refractivity contribution in [3.63, 3.8) is 0 Å². The number of benzene rings is 1. The van der Waals surface area contributed by atoms with Gasteiger partial charge in [0, 0.05) is 11.0 Å². The molecule has 1 fully saturated rings. The largest absolute Gasteiger partial charge is 0.496 e. The smallest absolute Gasteiger partial charge is 0.192 e. The van der Waals surface area contributed by atoms with Crippen molar-refractivity contribution in [3.05, 3.63) is 29.8 Å². The highest BCUT2D eigenvalue weighted by Gasteiger charge is 2.55. The van der Waals surface area contributed by atoms with Gasteiger partial charge < -0.3 is 14.3 Å². The van der Waals surface area contributed by atoms with Gasteiger partial charge in [-0.2, -0.15) is 0 Å². The van der Waals surface area contributed by atoms with E-state index in [-0.39, 0.29) is 11.1 Å². The Morgan fingerprint density at radius 1 is 1.16 bits per heavy atom. The Labute approximate surface area is 154 Å². The zero-order valence-electron chi connectivity index (χ0n) is 17.3. The molecule has 0 bridgehead atoms. The predicted molar refractivity (Wildman–Crippen MR) is 107 cm³/mol. The zero-order chi connectivity index (χ0) is 19.1. The van der Waals surface area contributed by atoms with E-state index in [1.54, 1.807) is 7.11 Å². The number of aliphatic hydroxyl groups is 1. The minimum atomic E-state index is -1.91. The molecule has 1 aliphatic carbocycles. The van der Waals surface area contributed by atoms with E-state index in [1.807, 2.05) is 24.3 Å². The standard InChI is InChI=1S/C21H36O3Si/c1-19(2,3)25(7,8)24-18-14-11-15-21(22,20(18,4)5)16-12-9-10-13-17(16)23-6/h9-10,12-13,18,22H,11,14-15H2,1-8H3/t18-,21+/m0/s1. The molecule has 0 aliphatic heterocycles. The molecule has 2 rings (SSSR count). The first-order chi connectivity index (χ1) is 11.4. The molecule has 1 aliphatic rings. The lowest BCUT2D eigenvalue weighted by Crippen LogP contribution is -2.57. The second-order valence-corrected chi connectivity index (χ2v) is 14.3. The Kier molecular flexibility index (Phi) is 5.49. The van der Waals surface area contributed by atoms with Gasteiger partial charge in [-0.1, -0.05) is 52.8 Å². The number of hydrogen-bond acceptors (Lipinski definition) is 3. The van der Waals surface area contributed by atoms with E-state index >= 15 is 0 Å². The van der Waals surface area contributed by atoms with Crippen LogP contribution in [0.1, 0.15) is 59.4 Å². The maximum Gasteiger partial charge on any atom is 0.192 e. The summed E-state index contributed by atoms with van der Waals surface area (Å²) in [6.07, 6.45) is 2.73. The van der Waals surface area contributed by atoms with Crippen LogP contribution in [0.4, 0.5) is 0 Å². The van der Waals surface area contributed by atoms with E-state index in [2.05, 4.69) is 47.7 Å². The summed E-state index contributed by atoms with van der Waals surface area (Å²) in [5.74, 6) is 0.756. The summed E-state index contributed by atoms with van der Waals surface area (Å²) in [7, 11) is -0.241. The fourth-order valence-electron chi connectivity index (χ4n) is 3.70. The SMILES string of the molecule is COc1ccccc1[C@]1(O)CCC[C@H](O[Si](C)(C)C(C)(C)C)C1(C)C. The van der Waals surface area contributed by atoms with Gasteiger partial charge in [0.2, 0.25) is 0 Å². The summed E-state index contributed by atoms with van der Waals surface area (Å²) in [6.45, 7) is 15.7. The maximum absolute atomic E-state index is 11.8. The Balaban J connectivity index is 2.42. The van der Waals surface area contributed by atoms with Gasteiger partial charge in [-0.15, -0.1) is 0 Å². The first-order valence-electron chi connectivity index (χ1n) is 9.40. The van der Waals surface area contributed by atoms with Crippen LogP contribution in [0, 0.1) is 5.41 Å². The van der Waals surface area contributed by atoms with Crippen molar-refractivity contribution in [2.45, 2.75) is 83.7 Å². The highest BCUT2D eigenvalue weighted by atomic mass is 28.4. The van der Waals surface area contributed by atoms with Gasteiger partial charge in [0.1, 0.15) is 11.4 Å². The van der Waals surface area contributed by atoms with Crippen LogP contribution in [-0.4, -0.2) is 26.6 Å². The summed E-state index contributed by atoms with van der Waals surface area (Å²) in [4.78, 5) is 0. The van der Waals surface area contributed by atoms with Gasteiger partial charge in [0.25, 0.3) is 0 Å². The summed E-state index contributed by atoms with van der Waals surface area (Å²) >= 11 is 0. The minimum Gasteiger partial charge on any atom is -0.496 e. The molecule has 1 aromatic rings. The van der Waals surface area contributed by atoms with E-state index < -0.39 is 19.3 Å². The summed E-state index contributed by atoms with van der Waals surface area (Å²) in [5.41, 5.74) is -0.466. The second kappa shape index (κ2) is 6.71. The molecule has 3 nitrogen and oxygen atoms in total. The lowest BCUT2D eigenvalue weighted by Gasteiger charge is -2.54. The lowest BCUT2D eigenvalue weighted by molar-refractivity contribution is -0.157. The Bertz CT molecular complexity index is 603. The molecule has 25 heavy (non-hydrogen) atoms. The zero-order valence-corrected chi connectivity index (χ0v) is 18.3.